The van der Waals surface area contributed by atoms with Crippen molar-refractivity contribution < 1.29 is 23.3 Å². The van der Waals surface area contributed by atoms with E-state index in [2.05, 4.69) is 56.8 Å². The summed E-state index contributed by atoms with van der Waals surface area (Å²) in [6, 6.07) is 0. The highest BCUT2D eigenvalue weighted by Crippen LogP contribution is 2.36. The number of unbranched alkanes of at least 4 members (excludes halogenated alkanes) is 7. The van der Waals surface area contributed by atoms with Crippen molar-refractivity contribution in [1.29, 1.82) is 0 Å². The fourth-order valence-electron chi connectivity index (χ4n) is 2.20. The van der Waals surface area contributed by atoms with Gasteiger partial charge < -0.3 is 19.3 Å². The van der Waals surface area contributed by atoms with Gasteiger partial charge in [0, 0.05) is 20.1 Å². The van der Waals surface area contributed by atoms with Crippen molar-refractivity contribution in [3.63, 3.8) is 0 Å². The van der Waals surface area contributed by atoms with Gasteiger partial charge in [0.25, 0.3) is 7.82 Å². The first-order valence-corrected chi connectivity index (χ1v) is 12.0. The van der Waals surface area contributed by atoms with Gasteiger partial charge in [-0.15, -0.1) is 0 Å². The number of nitrogens with one attached hydrogen (secondary N) is 1. The molecule has 7 heteroatoms. The van der Waals surface area contributed by atoms with Crippen LogP contribution in [-0.4, -0.2) is 26.2 Å². The quantitative estimate of drug-likeness (QED) is 0.235. The average molecular weight is 439 g/mol. The molecule has 0 spiro atoms. The predicted molar refractivity (Wildman–Crippen MR) is 120 cm³/mol. The summed E-state index contributed by atoms with van der Waals surface area (Å²) in [5.41, 5.74) is 0. The second kappa shape index (κ2) is 23.5. The summed E-state index contributed by atoms with van der Waals surface area (Å²) in [4.78, 5) is 22.4. The fourth-order valence-corrected chi connectivity index (χ4v) is 2.66. The topological polar surface area (TPSA) is 87.7 Å². The van der Waals surface area contributed by atoms with Crippen molar-refractivity contribution in [2.75, 3.05) is 20.3 Å². The molecule has 1 atom stereocenters. The molecule has 0 radical (unpaired) electrons. The molecule has 0 aliphatic carbocycles. The Morgan fingerprint density at radius 3 is 2.03 bits per heavy atom. The summed E-state index contributed by atoms with van der Waals surface area (Å²) in [6.07, 6.45) is 9.78. The van der Waals surface area contributed by atoms with E-state index in [1.807, 2.05) is 0 Å². The Balaban J connectivity index is 0. The lowest BCUT2D eigenvalue weighted by atomic mass is 10.1. The molecule has 0 fully saturated rings. The Labute approximate surface area is 183 Å². The lowest BCUT2D eigenvalue weighted by Crippen LogP contribution is -2.23. The second-order valence-corrected chi connectivity index (χ2v) is 7.91. The average Bonchev–Trinajstić information content (AvgIpc) is 2.73. The molecule has 170 valence electrons. The molecule has 1 amide bonds. The first-order valence-electron chi connectivity index (χ1n) is 10.5. The number of rotatable bonds is 15. The highest BCUT2D eigenvalue weighted by Gasteiger charge is 2.05. The van der Waals surface area contributed by atoms with Gasteiger partial charge in [-0.1, -0.05) is 57.3 Å². The van der Waals surface area contributed by atoms with E-state index in [1.54, 1.807) is 13.8 Å². The first-order chi connectivity index (χ1) is 14.4. The Hall–Kier alpha value is -1.74. The largest absolute Gasteiger partial charge is 0.756 e. The normalized spacial score (nSPS) is 11.1. The molecular weight excluding hydrogens is 401 g/mol. The van der Waals surface area contributed by atoms with Gasteiger partial charge in [-0.2, -0.15) is 0 Å². The molecule has 0 aliphatic rings. The minimum absolute atomic E-state index is 0.132. The van der Waals surface area contributed by atoms with Gasteiger partial charge in [0.15, 0.2) is 0 Å². The van der Waals surface area contributed by atoms with Crippen LogP contribution in [0.5, 0.6) is 0 Å². The standard InChI is InChI=1S/C15H32NO5P.C8H6/c1-3-4-5-6-9-12-15(17)16-13-10-7-8-11-14-21-22(18,19)20-2;1-3-5-7-8-6-4-2/h3-14H2,1-2H3,(H,16,17)(H,18,19);1-2H3/p-1. The zero-order chi connectivity index (χ0) is 22.9. The van der Waals surface area contributed by atoms with E-state index >= 15 is 0 Å². The van der Waals surface area contributed by atoms with E-state index < -0.39 is 7.82 Å². The Bertz CT molecular complexity index is 634. The molecule has 0 rings (SSSR count). The summed E-state index contributed by atoms with van der Waals surface area (Å²) >= 11 is 0. The smallest absolute Gasteiger partial charge is 0.267 e. The number of phosphoric acid groups is 1. The van der Waals surface area contributed by atoms with Crippen molar-refractivity contribution in [2.45, 2.75) is 85.0 Å². The first kappa shape index (κ1) is 30.5. The molecule has 1 N–H and O–H groups in total. The second-order valence-electron chi connectivity index (χ2n) is 6.39. The van der Waals surface area contributed by atoms with Crippen LogP contribution in [-0.2, 0) is 18.4 Å². The van der Waals surface area contributed by atoms with Crippen LogP contribution in [0.3, 0.4) is 0 Å². The predicted octanol–water partition coefficient (Wildman–Crippen LogP) is 4.19. The van der Waals surface area contributed by atoms with Crippen LogP contribution in [0.4, 0.5) is 0 Å². The molecule has 0 aliphatic heterocycles. The van der Waals surface area contributed by atoms with Crippen LogP contribution in [0.2, 0.25) is 0 Å². The van der Waals surface area contributed by atoms with Crippen LogP contribution < -0.4 is 10.2 Å². The molecule has 0 aromatic heterocycles. The Morgan fingerprint density at radius 1 is 0.900 bits per heavy atom. The van der Waals surface area contributed by atoms with Crippen LogP contribution in [0.25, 0.3) is 0 Å². The van der Waals surface area contributed by atoms with Crippen molar-refractivity contribution in [3.05, 3.63) is 0 Å². The van der Waals surface area contributed by atoms with Crippen LogP contribution in [0.15, 0.2) is 0 Å². The summed E-state index contributed by atoms with van der Waals surface area (Å²) in [5.74, 6) is 15.6. The van der Waals surface area contributed by atoms with Gasteiger partial charge in [-0.3, -0.25) is 9.36 Å². The number of carbonyl (C=O) groups excluding carboxylic acids is 1. The van der Waals surface area contributed by atoms with Gasteiger partial charge in [-0.05, 0) is 56.8 Å². The van der Waals surface area contributed by atoms with Gasteiger partial charge in [0.05, 0.1) is 6.61 Å². The highest BCUT2D eigenvalue weighted by atomic mass is 31.2. The maximum absolute atomic E-state index is 11.5. The Morgan fingerprint density at radius 2 is 1.47 bits per heavy atom. The molecule has 0 saturated heterocycles. The van der Waals surface area contributed by atoms with E-state index in [4.69, 9.17) is 0 Å². The minimum Gasteiger partial charge on any atom is -0.756 e. The molecule has 30 heavy (non-hydrogen) atoms. The van der Waals surface area contributed by atoms with Gasteiger partial charge in [-0.25, -0.2) is 0 Å². The molecule has 6 nitrogen and oxygen atoms in total. The van der Waals surface area contributed by atoms with E-state index in [1.165, 1.54) is 19.3 Å². The lowest BCUT2D eigenvalue weighted by molar-refractivity contribution is -0.223. The van der Waals surface area contributed by atoms with Crippen molar-refractivity contribution in [3.8, 4) is 35.5 Å². The van der Waals surface area contributed by atoms with Crippen molar-refractivity contribution in [1.82, 2.24) is 5.32 Å². The maximum atomic E-state index is 11.5. The van der Waals surface area contributed by atoms with Gasteiger partial charge in [0.2, 0.25) is 5.91 Å². The zero-order valence-electron chi connectivity index (χ0n) is 19.0. The molecule has 0 heterocycles. The number of hydrogen-bond donors (Lipinski definition) is 1. The zero-order valence-corrected chi connectivity index (χ0v) is 19.9. The lowest BCUT2D eigenvalue weighted by Gasteiger charge is -2.19. The molecule has 1 unspecified atom stereocenters. The van der Waals surface area contributed by atoms with Gasteiger partial charge >= 0.3 is 0 Å². The maximum Gasteiger partial charge on any atom is 0.267 e. The van der Waals surface area contributed by atoms with E-state index in [9.17, 15) is 14.3 Å². The highest BCUT2D eigenvalue weighted by molar-refractivity contribution is 7.45. The van der Waals surface area contributed by atoms with E-state index in [0.717, 1.165) is 39.2 Å². The SMILES string of the molecule is CC#CC#CC#CC.CCCCCCCC(=O)NCCCCCCOP(=O)([O-])OC. The molecule has 0 saturated carbocycles. The summed E-state index contributed by atoms with van der Waals surface area (Å²) in [7, 11) is -2.99. The molecule has 0 bridgehead atoms. The summed E-state index contributed by atoms with van der Waals surface area (Å²) < 4.78 is 19.7. The van der Waals surface area contributed by atoms with Crippen LogP contribution in [0.1, 0.15) is 85.0 Å². The number of phosphoric ester groups is 1. The third-order valence-electron chi connectivity index (χ3n) is 3.81. The van der Waals surface area contributed by atoms with E-state index in [-0.39, 0.29) is 12.5 Å². The number of hydrogen-bond acceptors (Lipinski definition) is 5. The minimum atomic E-state index is -4.07. The molecule has 0 aromatic rings. The van der Waals surface area contributed by atoms with E-state index in [0.29, 0.717) is 19.4 Å². The number of carbonyl (C=O) groups is 1. The van der Waals surface area contributed by atoms with Crippen LogP contribution in [0, 0.1) is 35.5 Å². The third-order valence-corrected chi connectivity index (χ3v) is 4.76. The molecule has 0 aromatic carbocycles. The fraction of sp³-hybridized carbons (Fsp3) is 0.696. The Kier molecular flexibility index (Phi) is 23.9. The van der Waals surface area contributed by atoms with Gasteiger partial charge in [0.1, 0.15) is 0 Å². The molecular formula is C23H37NO5P-. The van der Waals surface area contributed by atoms with Crippen molar-refractivity contribution in [2.24, 2.45) is 0 Å². The summed E-state index contributed by atoms with van der Waals surface area (Å²) in [5, 5.41) is 2.91. The summed E-state index contributed by atoms with van der Waals surface area (Å²) in [6.45, 7) is 6.50. The van der Waals surface area contributed by atoms with Crippen molar-refractivity contribution >= 4 is 13.7 Å². The third kappa shape index (κ3) is 26.3. The monoisotopic (exact) mass is 438 g/mol. The van der Waals surface area contributed by atoms with Crippen LogP contribution >= 0.6 is 7.82 Å². The number of amides is 1.